The number of halogens is 2. The molecule has 3 rings (SSSR count). The van der Waals surface area contributed by atoms with E-state index < -0.39 is 0 Å². The quantitative estimate of drug-likeness (QED) is 0.691. The summed E-state index contributed by atoms with van der Waals surface area (Å²) >= 11 is 8.05. The molecule has 1 fully saturated rings. The smallest absolute Gasteiger partial charge is 0.251 e. The van der Waals surface area contributed by atoms with Crippen molar-refractivity contribution in [1.29, 1.82) is 0 Å². The molecule has 0 aliphatic heterocycles. The van der Waals surface area contributed by atoms with E-state index in [1.807, 2.05) is 24.3 Å². The van der Waals surface area contributed by atoms with Gasteiger partial charge in [0.05, 0.1) is 5.02 Å². The molecule has 1 N–H and O–H groups in total. The van der Waals surface area contributed by atoms with Gasteiger partial charge in [0.15, 0.2) is 0 Å². The van der Waals surface area contributed by atoms with Gasteiger partial charge in [0.1, 0.15) is 6.10 Å². The SMILES string of the molecule is O=C(NC1CCC(Oc2ccc(Cl)cn2)CC1)c1ccc(I)cc1. The molecule has 0 unspecified atom stereocenters. The molecule has 1 aromatic heterocycles. The average Bonchev–Trinajstić information content (AvgIpc) is 2.59. The molecule has 1 saturated carbocycles. The third-order valence-electron chi connectivity index (χ3n) is 4.10. The van der Waals surface area contributed by atoms with Crippen LogP contribution in [0, 0.1) is 3.57 Å². The van der Waals surface area contributed by atoms with Gasteiger partial charge in [0.25, 0.3) is 5.91 Å². The van der Waals surface area contributed by atoms with Crippen LogP contribution in [-0.2, 0) is 0 Å². The van der Waals surface area contributed by atoms with Crippen LogP contribution in [-0.4, -0.2) is 23.0 Å². The Labute approximate surface area is 160 Å². The van der Waals surface area contributed by atoms with Crippen molar-refractivity contribution in [2.75, 3.05) is 0 Å². The number of nitrogens with one attached hydrogen (secondary N) is 1. The van der Waals surface area contributed by atoms with Gasteiger partial charge in [-0.3, -0.25) is 4.79 Å². The van der Waals surface area contributed by atoms with Gasteiger partial charge in [-0.15, -0.1) is 0 Å². The van der Waals surface area contributed by atoms with E-state index in [0.29, 0.717) is 16.5 Å². The van der Waals surface area contributed by atoms with Crippen LogP contribution in [0.15, 0.2) is 42.6 Å². The number of carbonyl (C=O) groups is 1. The van der Waals surface area contributed by atoms with Crippen LogP contribution >= 0.6 is 34.2 Å². The van der Waals surface area contributed by atoms with Gasteiger partial charge in [-0.2, -0.15) is 0 Å². The predicted octanol–water partition coefficient (Wildman–Crippen LogP) is 4.46. The van der Waals surface area contributed by atoms with Crippen molar-refractivity contribution in [2.24, 2.45) is 0 Å². The molecular weight excluding hydrogens is 439 g/mol. The van der Waals surface area contributed by atoms with Gasteiger partial charge >= 0.3 is 0 Å². The minimum absolute atomic E-state index is 0.00450. The van der Waals surface area contributed by atoms with E-state index in [-0.39, 0.29) is 18.1 Å². The van der Waals surface area contributed by atoms with Gasteiger partial charge < -0.3 is 10.1 Å². The highest BCUT2D eigenvalue weighted by Crippen LogP contribution is 2.23. The minimum atomic E-state index is -0.00450. The van der Waals surface area contributed by atoms with Crippen LogP contribution in [0.3, 0.4) is 0 Å². The Kier molecular flexibility index (Phi) is 5.94. The zero-order chi connectivity index (χ0) is 16.9. The monoisotopic (exact) mass is 456 g/mol. The molecule has 0 spiro atoms. The molecule has 2 aromatic rings. The summed E-state index contributed by atoms with van der Waals surface area (Å²) in [6.45, 7) is 0. The Hall–Kier alpha value is -1.34. The van der Waals surface area contributed by atoms with Gasteiger partial charge in [0.2, 0.25) is 5.88 Å². The summed E-state index contributed by atoms with van der Waals surface area (Å²) in [4.78, 5) is 16.4. The Morgan fingerprint density at radius 3 is 2.46 bits per heavy atom. The maximum atomic E-state index is 12.3. The highest BCUT2D eigenvalue weighted by atomic mass is 127. The maximum Gasteiger partial charge on any atom is 0.251 e. The third kappa shape index (κ3) is 4.83. The first-order chi connectivity index (χ1) is 11.6. The van der Waals surface area contributed by atoms with Gasteiger partial charge in [0, 0.05) is 27.4 Å². The summed E-state index contributed by atoms with van der Waals surface area (Å²) in [7, 11) is 0. The molecule has 6 heteroatoms. The van der Waals surface area contributed by atoms with Gasteiger partial charge in [-0.1, -0.05) is 11.6 Å². The van der Waals surface area contributed by atoms with Crippen LogP contribution < -0.4 is 10.1 Å². The first-order valence-electron chi connectivity index (χ1n) is 7.95. The number of rotatable bonds is 4. The number of nitrogens with zero attached hydrogens (tertiary/aromatic N) is 1. The molecule has 126 valence electrons. The van der Waals surface area contributed by atoms with Crippen molar-refractivity contribution in [1.82, 2.24) is 10.3 Å². The normalized spacial score (nSPS) is 20.4. The van der Waals surface area contributed by atoms with E-state index in [2.05, 4.69) is 32.9 Å². The van der Waals surface area contributed by atoms with Crippen LogP contribution in [0.25, 0.3) is 0 Å². The number of hydrogen-bond donors (Lipinski definition) is 1. The molecular formula is C18H18ClIN2O2. The number of pyridine rings is 1. The standard InChI is InChI=1S/C18H18ClIN2O2/c19-13-3-10-17(21-11-13)24-16-8-6-15(7-9-16)22-18(23)12-1-4-14(20)5-2-12/h1-5,10-11,15-16H,6-9H2,(H,22,23). The second kappa shape index (κ2) is 8.16. The Morgan fingerprint density at radius 2 is 1.83 bits per heavy atom. The minimum Gasteiger partial charge on any atom is -0.474 e. The molecule has 1 aliphatic rings. The summed E-state index contributed by atoms with van der Waals surface area (Å²) in [5.74, 6) is 0.598. The Morgan fingerprint density at radius 1 is 1.12 bits per heavy atom. The lowest BCUT2D eigenvalue weighted by atomic mass is 9.92. The van der Waals surface area contributed by atoms with Crippen LogP contribution in [0.2, 0.25) is 5.02 Å². The van der Waals surface area contributed by atoms with E-state index in [1.165, 1.54) is 0 Å². The average molecular weight is 457 g/mol. The molecule has 0 saturated heterocycles. The lowest BCUT2D eigenvalue weighted by molar-refractivity contribution is 0.0890. The summed E-state index contributed by atoms with van der Waals surface area (Å²) in [5, 5.41) is 3.72. The van der Waals surface area contributed by atoms with Crippen molar-refractivity contribution in [3.05, 3.63) is 56.8 Å². The fourth-order valence-corrected chi connectivity index (χ4v) is 3.27. The largest absolute Gasteiger partial charge is 0.474 e. The van der Waals surface area contributed by atoms with E-state index >= 15 is 0 Å². The fraction of sp³-hybridized carbons (Fsp3) is 0.333. The first-order valence-corrected chi connectivity index (χ1v) is 9.40. The zero-order valence-corrected chi connectivity index (χ0v) is 16.0. The Balaban J connectivity index is 1.47. The molecule has 24 heavy (non-hydrogen) atoms. The molecule has 1 amide bonds. The number of benzene rings is 1. The zero-order valence-electron chi connectivity index (χ0n) is 13.0. The van der Waals surface area contributed by atoms with Crippen LogP contribution in [0.5, 0.6) is 5.88 Å². The van der Waals surface area contributed by atoms with E-state index in [9.17, 15) is 4.79 Å². The molecule has 1 aliphatic carbocycles. The number of hydrogen-bond acceptors (Lipinski definition) is 3. The van der Waals surface area contributed by atoms with E-state index in [0.717, 1.165) is 29.3 Å². The lowest BCUT2D eigenvalue weighted by Gasteiger charge is -2.29. The summed E-state index contributed by atoms with van der Waals surface area (Å²) in [5.41, 5.74) is 0.708. The second-order valence-electron chi connectivity index (χ2n) is 5.89. The number of aromatic nitrogens is 1. The van der Waals surface area contributed by atoms with Crippen molar-refractivity contribution in [3.63, 3.8) is 0 Å². The summed E-state index contributed by atoms with van der Waals surface area (Å²) in [6, 6.07) is 11.4. The predicted molar refractivity (Wildman–Crippen MR) is 103 cm³/mol. The third-order valence-corrected chi connectivity index (χ3v) is 5.05. The first kappa shape index (κ1) is 17.5. The van der Waals surface area contributed by atoms with Crippen molar-refractivity contribution >= 4 is 40.1 Å². The van der Waals surface area contributed by atoms with E-state index in [1.54, 1.807) is 18.3 Å². The topological polar surface area (TPSA) is 51.2 Å². The number of amides is 1. The number of carbonyl (C=O) groups excluding carboxylic acids is 1. The van der Waals surface area contributed by atoms with Crippen LogP contribution in [0.1, 0.15) is 36.0 Å². The highest BCUT2D eigenvalue weighted by Gasteiger charge is 2.24. The molecule has 1 heterocycles. The maximum absolute atomic E-state index is 12.3. The second-order valence-corrected chi connectivity index (χ2v) is 7.57. The summed E-state index contributed by atoms with van der Waals surface area (Å²) in [6.07, 6.45) is 5.36. The van der Waals surface area contributed by atoms with E-state index in [4.69, 9.17) is 16.3 Å². The molecule has 0 bridgehead atoms. The van der Waals surface area contributed by atoms with Gasteiger partial charge in [-0.25, -0.2) is 4.98 Å². The summed E-state index contributed by atoms with van der Waals surface area (Å²) < 4.78 is 7.00. The molecule has 4 nitrogen and oxygen atoms in total. The lowest BCUT2D eigenvalue weighted by Crippen LogP contribution is -2.39. The molecule has 0 atom stereocenters. The molecule has 0 radical (unpaired) electrons. The van der Waals surface area contributed by atoms with Crippen molar-refractivity contribution < 1.29 is 9.53 Å². The van der Waals surface area contributed by atoms with Crippen LogP contribution in [0.4, 0.5) is 0 Å². The van der Waals surface area contributed by atoms with Crippen molar-refractivity contribution in [3.8, 4) is 5.88 Å². The fourth-order valence-electron chi connectivity index (χ4n) is 2.80. The molecule has 1 aromatic carbocycles. The Bertz CT molecular complexity index is 683. The number of ether oxygens (including phenoxy) is 1. The highest BCUT2D eigenvalue weighted by molar-refractivity contribution is 14.1. The van der Waals surface area contributed by atoms with Crippen molar-refractivity contribution in [2.45, 2.75) is 37.8 Å². The van der Waals surface area contributed by atoms with Gasteiger partial charge in [-0.05, 0) is 78.6 Å².